The topological polar surface area (TPSA) is 47.9 Å². The van der Waals surface area contributed by atoms with Crippen molar-refractivity contribution in [1.82, 2.24) is 15.0 Å². The van der Waals surface area contributed by atoms with Crippen LogP contribution < -0.4 is 4.74 Å². The number of ether oxygens (including phenoxy) is 1. The fourth-order valence-corrected chi connectivity index (χ4v) is 4.63. The molecule has 0 saturated heterocycles. The van der Waals surface area contributed by atoms with Gasteiger partial charge in [-0.3, -0.25) is 0 Å². The monoisotopic (exact) mass is 471 g/mol. The first kappa shape index (κ1) is 24.1. The van der Waals surface area contributed by atoms with E-state index in [1.54, 1.807) is 11.3 Å². The van der Waals surface area contributed by atoms with Crippen LogP contribution in [0.4, 0.5) is 0 Å². The smallest absolute Gasteiger partial charge is 0.241 e. The summed E-state index contributed by atoms with van der Waals surface area (Å²) in [5.41, 5.74) is 5.91. The van der Waals surface area contributed by atoms with Gasteiger partial charge in [-0.15, -0.1) is 11.3 Å². The Balaban J connectivity index is 1.41. The van der Waals surface area contributed by atoms with E-state index in [2.05, 4.69) is 55.6 Å². The molecule has 0 unspecified atom stereocenters. The Hall–Kier alpha value is -3.05. The Kier molecular flexibility index (Phi) is 8.07. The minimum Gasteiger partial charge on any atom is -0.473 e. The number of nitrogens with zero attached hydrogens (tertiary/aromatic N) is 3. The molecule has 0 fully saturated rings. The van der Waals surface area contributed by atoms with Crippen molar-refractivity contribution in [1.29, 1.82) is 0 Å². The van der Waals surface area contributed by atoms with E-state index in [0.29, 0.717) is 11.8 Å². The molecule has 0 spiro atoms. The summed E-state index contributed by atoms with van der Waals surface area (Å²) in [7, 11) is 0. The van der Waals surface area contributed by atoms with E-state index in [0.717, 1.165) is 53.5 Å². The maximum Gasteiger partial charge on any atom is 0.241 e. The quantitative estimate of drug-likeness (QED) is 0.219. The Morgan fingerprint density at radius 1 is 0.912 bits per heavy atom. The van der Waals surface area contributed by atoms with Crippen LogP contribution in [0.5, 0.6) is 5.88 Å². The van der Waals surface area contributed by atoms with Gasteiger partial charge in [-0.2, -0.15) is 0 Å². The van der Waals surface area contributed by atoms with E-state index in [1.807, 2.05) is 38.1 Å². The van der Waals surface area contributed by atoms with Crippen LogP contribution in [0.15, 0.2) is 60.0 Å². The molecule has 0 N–H and O–H groups in total. The number of unbranched alkanes of at least 4 members (excludes halogenated alkanes) is 2. The van der Waals surface area contributed by atoms with Crippen LogP contribution in [0, 0.1) is 0 Å². The molecular weight excluding hydrogens is 438 g/mol. The fourth-order valence-electron chi connectivity index (χ4n) is 3.76. The zero-order valence-corrected chi connectivity index (χ0v) is 21.3. The van der Waals surface area contributed by atoms with Gasteiger partial charge in [0.2, 0.25) is 5.88 Å². The third kappa shape index (κ3) is 6.29. The largest absolute Gasteiger partial charge is 0.473 e. The first-order valence-electron chi connectivity index (χ1n) is 12.1. The van der Waals surface area contributed by atoms with Crippen LogP contribution in [0.1, 0.15) is 69.1 Å². The standard InChI is InChI=1S/C29H33N3OS/c1-20(2)29-30-24(19-34-29)15-8-6-5-7-12-22-13-11-14-23(18-22)27-28(33-21(3)4)32-26-17-10-9-16-25(26)31-27/h7,9-14,16-21H,5-6,8,15H2,1-4H3/b12-7+. The van der Waals surface area contributed by atoms with E-state index in [-0.39, 0.29) is 6.10 Å². The Bertz CT molecular complexity index is 1260. The molecule has 0 radical (unpaired) electrons. The van der Waals surface area contributed by atoms with E-state index in [9.17, 15) is 0 Å². The molecule has 4 rings (SSSR count). The van der Waals surface area contributed by atoms with Gasteiger partial charge in [-0.25, -0.2) is 15.0 Å². The molecule has 0 saturated carbocycles. The van der Waals surface area contributed by atoms with Gasteiger partial charge in [0, 0.05) is 16.9 Å². The van der Waals surface area contributed by atoms with Crippen molar-refractivity contribution in [3.63, 3.8) is 0 Å². The zero-order chi connectivity index (χ0) is 23.9. The van der Waals surface area contributed by atoms with Crippen molar-refractivity contribution in [2.75, 3.05) is 0 Å². The highest BCUT2D eigenvalue weighted by atomic mass is 32.1. The highest BCUT2D eigenvalue weighted by Crippen LogP contribution is 2.30. The lowest BCUT2D eigenvalue weighted by Gasteiger charge is -2.14. The zero-order valence-electron chi connectivity index (χ0n) is 20.5. The van der Waals surface area contributed by atoms with Crippen molar-refractivity contribution in [3.05, 3.63) is 76.3 Å². The first-order valence-corrected chi connectivity index (χ1v) is 13.0. The molecule has 0 atom stereocenters. The molecule has 176 valence electrons. The number of allylic oxidation sites excluding steroid dienone is 1. The lowest BCUT2D eigenvalue weighted by molar-refractivity contribution is 0.234. The molecule has 0 aliphatic carbocycles. The van der Waals surface area contributed by atoms with Crippen LogP contribution in [0.3, 0.4) is 0 Å². The average Bonchev–Trinajstić information content (AvgIpc) is 3.30. The molecule has 0 aliphatic rings. The number of thiazole rings is 1. The first-order chi connectivity index (χ1) is 16.5. The third-order valence-electron chi connectivity index (χ3n) is 5.47. The molecule has 2 aromatic heterocycles. The minimum atomic E-state index is 0.0264. The molecule has 2 heterocycles. The predicted octanol–water partition coefficient (Wildman–Crippen LogP) is 8.09. The summed E-state index contributed by atoms with van der Waals surface area (Å²) in [6.07, 6.45) is 8.92. The lowest BCUT2D eigenvalue weighted by atomic mass is 10.1. The third-order valence-corrected chi connectivity index (χ3v) is 6.67. The molecule has 0 bridgehead atoms. The summed E-state index contributed by atoms with van der Waals surface area (Å²) in [6.45, 7) is 8.43. The summed E-state index contributed by atoms with van der Waals surface area (Å²) in [5.74, 6) is 1.10. The molecule has 2 aromatic carbocycles. The number of para-hydroxylation sites is 2. The van der Waals surface area contributed by atoms with Crippen LogP contribution >= 0.6 is 11.3 Å². The summed E-state index contributed by atoms with van der Waals surface area (Å²) >= 11 is 1.78. The highest BCUT2D eigenvalue weighted by Gasteiger charge is 2.14. The molecule has 5 heteroatoms. The summed E-state index contributed by atoms with van der Waals surface area (Å²) in [5, 5.41) is 3.46. The minimum absolute atomic E-state index is 0.0264. The number of fused-ring (bicyclic) bond motifs is 1. The molecular formula is C29H33N3OS. The number of benzene rings is 2. The normalized spacial score (nSPS) is 11.8. The number of aromatic nitrogens is 3. The Morgan fingerprint density at radius 3 is 2.44 bits per heavy atom. The van der Waals surface area contributed by atoms with Gasteiger partial charge in [-0.05, 0) is 63.3 Å². The van der Waals surface area contributed by atoms with Crippen LogP contribution in [0.25, 0.3) is 28.4 Å². The van der Waals surface area contributed by atoms with Gasteiger partial charge in [0.05, 0.1) is 27.8 Å². The van der Waals surface area contributed by atoms with Crippen LogP contribution in [-0.4, -0.2) is 21.1 Å². The molecule has 0 amide bonds. The van der Waals surface area contributed by atoms with Gasteiger partial charge in [-0.1, -0.05) is 56.3 Å². The maximum absolute atomic E-state index is 6.03. The van der Waals surface area contributed by atoms with Gasteiger partial charge in [0.1, 0.15) is 5.69 Å². The average molecular weight is 472 g/mol. The molecule has 4 nitrogen and oxygen atoms in total. The van der Waals surface area contributed by atoms with Gasteiger partial charge in [0.25, 0.3) is 0 Å². The number of aryl methyl sites for hydroxylation is 1. The second kappa shape index (κ2) is 11.4. The summed E-state index contributed by atoms with van der Waals surface area (Å²) in [4.78, 5) is 14.4. The second-order valence-corrected chi connectivity index (χ2v) is 10.0. The number of rotatable bonds is 10. The van der Waals surface area contributed by atoms with Crippen LogP contribution in [-0.2, 0) is 6.42 Å². The SMILES string of the molecule is CC(C)Oc1nc2ccccc2nc1-c1cccc(/C=C/CCCCc2csc(C(C)C)n2)c1. The highest BCUT2D eigenvalue weighted by molar-refractivity contribution is 7.09. The fraction of sp³-hybridized carbons (Fsp3) is 0.345. The van der Waals surface area contributed by atoms with Gasteiger partial charge >= 0.3 is 0 Å². The van der Waals surface area contributed by atoms with E-state index in [4.69, 9.17) is 19.7 Å². The Labute approximate surface area is 206 Å². The lowest BCUT2D eigenvalue weighted by Crippen LogP contribution is -2.09. The molecule has 4 aromatic rings. The van der Waals surface area contributed by atoms with Gasteiger partial charge in [0.15, 0.2) is 0 Å². The van der Waals surface area contributed by atoms with Gasteiger partial charge < -0.3 is 4.74 Å². The number of hydrogen-bond donors (Lipinski definition) is 0. The van der Waals surface area contributed by atoms with Crippen molar-refractivity contribution in [2.24, 2.45) is 0 Å². The number of hydrogen-bond acceptors (Lipinski definition) is 5. The second-order valence-electron chi connectivity index (χ2n) is 9.14. The summed E-state index contributed by atoms with van der Waals surface area (Å²) in [6, 6.07) is 16.3. The Morgan fingerprint density at radius 2 is 1.71 bits per heavy atom. The molecule has 34 heavy (non-hydrogen) atoms. The maximum atomic E-state index is 6.03. The van der Waals surface area contributed by atoms with Crippen molar-refractivity contribution in [3.8, 4) is 17.1 Å². The summed E-state index contributed by atoms with van der Waals surface area (Å²) < 4.78 is 6.03. The van der Waals surface area contributed by atoms with E-state index in [1.165, 1.54) is 10.7 Å². The van der Waals surface area contributed by atoms with E-state index < -0.39 is 0 Å². The van der Waals surface area contributed by atoms with Crippen molar-refractivity contribution in [2.45, 2.75) is 65.4 Å². The van der Waals surface area contributed by atoms with Crippen LogP contribution in [0.2, 0.25) is 0 Å². The van der Waals surface area contributed by atoms with Crippen molar-refractivity contribution < 1.29 is 4.74 Å². The van der Waals surface area contributed by atoms with Crippen molar-refractivity contribution >= 4 is 28.4 Å². The van der Waals surface area contributed by atoms with E-state index >= 15 is 0 Å². The molecule has 0 aliphatic heterocycles. The predicted molar refractivity (Wildman–Crippen MR) is 144 cm³/mol.